The molecular weight excluding hydrogens is 382 g/mol. The lowest BCUT2D eigenvalue weighted by Crippen LogP contribution is -2.26. The third kappa shape index (κ3) is 5.21. The Hall–Kier alpha value is -3.25. The van der Waals surface area contributed by atoms with Gasteiger partial charge in [0.25, 0.3) is 0 Å². The van der Waals surface area contributed by atoms with Gasteiger partial charge >= 0.3 is 0 Å². The molecule has 0 bridgehead atoms. The van der Waals surface area contributed by atoms with Gasteiger partial charge in [0.05, 0.1) is 6.33 Å². The van der Waals surface area contributed by atoms with Crippen LogP contribution in [0, 0.1) is 11.6 Å². The first kappa shape index (κ1) is 20.0. The molecule has 0 unspecified atom stereocenters. The number of aryl methyl sites for hydroxylation is 1. The largest absolute Gasteiger partial charge is 0.337 e. The van der Waals surface area contributed by atoms with E-state index in [1.807, 2.05) is 47.6 Å². The summed E-state index contributed by atoms with van der Waals surface area (Å²) in [7, 11) is 0. The quantitative estimate of drug-likeness (QED) is 0.389. The second-order valence-corrected chi connectivity index (χ2v) is 7.34. The lowest BCUT2D eigenvalue weighted by Gasteiger charge is -2.23. The average molecular weight is 406 g/mol. The lowest BCUT2D eigenvalue weighted by molar-refractivity contribution is 0.244. The molecule has 30 heavy (non-hydrogen) atoms. The van der Waals surface area contributed by atoms with E-state index in [-0.39, 0.29) is 11.6 Å². The fourth-order valence-corrected chi connectivity index (χ4v) is 3.66. The van der Waals surface area contributed by atoms with Crippen molar-refractivity contribution >= 4 is 0 Å². The van der Waals surface area contributed by atoms with E-state index in [1.165, 1.54) is 18.2 Å². The molecule has 0 aliphatic carbocycles. The van der Waals surface area contributed by atoms with Gasteiger partial charge in [0.15, 0.2) is 0 Å². The zero-order valence-electron chi connectivity index (χ0n) is 16.7. The molecule has 0 N–H and O–H groups in total. The van der Waals surface area contributed by atoms with E-state index in [9.17, 15) is 8.78 Å². The molecule has 0 atom stereocenters. The molecule has 0 aliphatic rings. The van der Waals surface area contributed by atoms with Crippen molar-refractivity contribution in [1.82, 2.24) is 19.0 Å². The zero-order chi connectivity index (χ0) is 20.8. The van der Waals surface area contributed by atoms with Crippen molar-refractivity contribution in [2.75, 3.05) is 6.54 Å². The van der Waals surface area contributed by atoms with Gasteiger partial charge in [-0.15, -0.1) is 0 Å². The number of imidazole rings is 1. The Morgan fingerprint density at radius 1 is 0.867 bits per heavy atom. The number of halogens is 2. The van der Waals surface area contributed by atoms with E-state index in [4.69, 9.17) is 0 Å². The minimum absolute atomic E-state index is 0.228. The molecule has 4 rings (SSSR count). The summed E-state index contributed by atoms with van der Waals surface area (Å²) in [5.74, 6) is -0.488. The van der Waals surface area contributed by atoms with Crippen molar-refractivity contribution in [3.8, 4) is 5.69 Å². The summed E-state index contributed by atoms with van der Waals surface area (Å²) in [5, 5.41) is 0. The summed E-state index contributed by atoms with van der Waals surface area (Å²) in [6.45, 7) is 3.01. The van der Waals surface area contributed by atoms with Crippen molar-refractivity contribution in [3.05, 3.63) is 108 Å². The summed E-state index contributed by atoms with van der Waals surface area (Å²) in [6.07, 6.45) is 8.41. The molecule has 154 valence electrons. The van der Waals surface area contributed by atoms with Gasteiger partial charge in [0.1, 0.15) is 11.6 Å². The van der Waals surface area contributed by atoms with Crippen LogP contribution in [0.25, 0.3) is 5.69 Å². The first-order valence-corrected chi connectivity index (χ1v) is 10.0. The molecule has 4 aromatic rings. The predicted octanol–water partition coefficient (Wildman–Crippen LogP) is 5.04. The number of nitrogens with zero attached hydrogens (tertiary/aromatic N) is 4. The van der Waals surface area contributed by atoms with Crippen molar-refractivity contribution in [2.24, 2.45) is 0 Å². The van der Waals surface area contributed by atoms with Crippen LogP contribution in [0.15, 0.2) is 85.6 Å². The Balaban J connectivity index is 1.51. The van der Waals surface area contributed by atoms with Gasteiger partial charge in [-0.05, 0) is 54.4 Å². The second-order valence-electron chi connectivity index (χ2n) is 7.34. The molecule has 6 heteroatoms. The van der Waals surface area contributed by atoms with Gasteiger partial charge in [-0.3, -0.25) is 4.90 Å². The highest BCUT2D eigenvalue weighted by molar-refractivity contribution is 5.35. The summed E-state index contributed by atoms with van der Waals surface area (Å²) in [6, 6.07) is 17.3. The molecule has 0 aliphatic heterocycles. The fourth-order valence-electron chi connectivity index (χ4n) is 3.66. The van der Waals surface area contributed by atoms with Crippen LogP contribution >= 0.6 is 0 Å². The van der Waals surface area contributed by atoms with Crippen LogP contribution in [0.2, 0.25) is 0 Å². The van der Waals surface area contributed by atoms with Gasteiger partial charge < -0.3 is 9.13 Å². The average Bonchev–Trinajstić information content (AvgIpc) is 3.40. The normalized spacial score (nSPS) is 11.3. The van der Waals surface area contributed by atoms with Crippen molar-refractivity contribution in [2.45, 2.75) is 26.1 Å². The highest BCUT2D eigenvalue weighted by atomic mass is 19.1. The number of hydrogen-bond donors (Lipinski definition) is 0. The summed E-state index contributed by atoms with van der Waals surface area (Å²) in [5.41, 5.74) is 2.78. The first-order chi connectivity index (χ1) is 14.7. The summed E-state index contributed by atoms with van der Waals surface area (Å²) in [4.78, 5) is 6.37. The minimum atomic E-state index is -0.260. The monoisotopic (exact) mass is 406 g/mol. The lowest BCUT2D eigenvalue weighted by atomic mass is 10.2. The highest BCUT2D eigenvalue weighted by Gasteiger charge is 2.12. The highest BCUT2D eigenvalue weighted by Crippen LogP contribution is 2.18. The summed E-state index contributed by atoms with van der Waals surface area (Å²) < 4.78 is 31.4. The van der Waals surface area contributed by atoms with Crippen LogP contribution in [-0.4, -0.2) is 25.6 Å². The van der Waals surface area contributed by atoms with E-state index < -0.39 is 0 Å². The van der Waals surface area contributed by atoms with E-state index in [2.05, 4.69) is 14.5 Å². The topological polar surface area (TPSA) is 26.0 Å². The van der Waals surface area contributed by atoms with Crippen molar-refractivity contribution in [3.63, 3.8) is 0 Å². The maximum atomic E-state index is 13.7. The van der Waals surface area contributed by atoms with Crippen LogP contribution in [-0.2, 0) is 19.6 Å². The second kappa shape index (κ2) is 9.50. The Morgan fingerprint density at radius 2 is 1.70 bits per heavy atom. The molecule has 2 aromatic heterocycles. The van der Waals surface area contributed by atoms with E-state index in [0.29, 0.717) is 13.1 Å². The molecule has 0 radical (unpaired) electrons. The van der Waals surface area contributed by atoms with E-state index in [0.717, 1.165) is 36.5 Å². The molecule has 0 fully saturated rings. The first-order valence-electron chi connectivity index (χ1n) is 10.0. The van der Waals surface area contributed by atoms with Gasteiger partial charge in [0, 0.05) is 56.2 Å². The molecule has 4 nitrogen and oxygen atoms in total. The third-order valence-corrected chi connectivity index (χ3v) is 5.05. The van der Waals surface area contributed by atoms with Crippen LogP contribution in [0.1, 0.15) is 17.7 Å². The standard InChI is InChI=1S/C24H24F2N4/c25-21-6-1-5-20(15-21)17-29(12-4-11-28-14-10-27-19-28)18-24-9-3-13-30(24)23-8-2-7-22(26)16-23/h1-3,5-10,13-16,19H,4,11-12,17-18H2. The molecular formula is C24H24F2N4. The van der Waals surface area contributed by atoms with Crippen LogP contribution in [0.3, 0.4) is 0 Å². The molecule has 0 amide bonds. The van der Waals surface area contributed by atoms with Gasteiger partial charge in [-0.1, -0.05) is 18.2 Å². The maximum Gasteiger partial charge on any atom is 0.125 e. The van der Waals surface area contributed by atoms with Crippen molar-refractivity contribution < 1.29 is 8.78 Å². The molecule has 0 saturated carbocycles. The molecule has 0 saturated heterocycles. The Bertz CT molecular complexity index is 1070. The summed E-state index contributed by atoms with van der Waals surface area (Å²) >= 11 is 0. The smallest absolute Gasteiger partial charge is 0.125 e. The fraction of sp³-hybridized carbons (Fsp3) is 0.208. The van der Waals surface area contributed by atoms with Gasteiger partial charge in [0.2, 0.25) is 0 Å². The van der Waals surface area contributed by atoms with Crippen molar-refractivity contribution in [1.29, 1.82) is 0 Å². The molecule has 2 aromatic carbocycles. The van der Waals surface area contributed by atoms with Crippen LogP contribution in [0.4, 0.5) is 8.78 Å². The van der Waals surface area contributed by atoms with E-state index in [1.54, 1.807) is 24.4 Å². The Labute approximate surface area is 175 Å². The van der Waals surface area contributed by atoms with Crippen LogP contribution in [0.5, 0.6) is 0 Å². The molecule has 0 spiro atoms. The Morgan fingerprint density at radius 3 is 2.47 bits per heavy atom. The predicted molar refractivity (Wildman–Crippen MR) is 113 cm³/mol. The SMILES string of the molecule is Fc1cccc(CN(CCCn2ccnc2)Cc2cccn2-c2cccc(F)c2)c1. The minimum Gasteiger partial charge on any atom is -0.337 e. The van der Waals surface area contributed by atoms with E-state index >= 15 is 0 Å². The zero-order valence-corrected chi connectivity index (χ0v) is 16.7. The number of hydrogen-bond acceptors (Lipinski definition) is 2. The number of rotatable bonds is 9. The number of aromatic nitrogens is 3. The third-order valence-electron chi connectivity index (χ3n) is 5.05. The molecule has 2 heterocycles. The number of benzene rings is 2. The van der Waals surface area contributed by atoms with Gasteiger partial charge in [-0.2, -0.15) is 0 Å². The maximum absolute atomic E-state index is 13.7. The van der Waals surface area contributed by atoms with Gasteiger partial charge in [-0.25, -0.2) is 13.8 Å². The van der Waals surface area contributed by atoms with Crippen LogP contribution < -0.4 is 0 Å². The Kier molecular flexibility index (Phi) is 6.35.